The van der Waals surface area contributed by atoms with Gasteiger partial charge in [0.2, 0.25) is 0 Å². The first-order valence-corrected chi connectivity index (χ1v) is 23.3. The van der Waals surface area contributed by atoms with E-state index >= 15 is 0 Å². The van der Waals surface area contributed by atoms with Crippen molar-refractivity contribution in [3.05, 3.63) is 120 Å². The Hall–Kier alpha value is -2.96. The SMILES string of the molecule is CCCCCCCCCCC1(CCCCCCCCCC)c2cc(-c3ccccn3)[c-]cc2-c2ccc(-c3ccc(-c4ccc(OC5CCCCO5)cc4)cc3)cc21.[Br-].[Mg+2]. The second-order valence-electron chi connectivity index (χ2n) is 17.2. The summed E-state index contributed by atoms with van der Waals surface area (Å²) in [5, 5.41) is 0. The fourth-order valence-electron chi connectivity index (χ4n) is 9.60. The van der Waals surface area contributed by atoms with Gasteiger partial charge in [-0.3, -0.25) is 0 Å². The van der Waals surface area contributed by atoms with Crippen molar-refractivity contribution in [2.75, 3.05) is 6.61 Å². The molecule has 0 amide bonds. The normalized spacial score (nSPS) is 15.1. The summed E-state index contributed by atoms with van der Waals surface area (Å²) in [6.45, 7) is 5.41. The standard InChI is InChI=1S/C55H68NO2.BrH.Mg/c1-3-5-7-9-11-13-15-19-37-55(38-20-16-14-12-10-8-6-4-2)51-41-46(31-35-49(51)50-36-32-47(42-52(50)55)53-23-17-21-39-56-53)45-27-25-43(26-28-45)44-29-33-48(34-30-44)58-54-24-18-22-40-57-54;;/h17,21,23,25-31,33-36,39,41-42,54H,3-16,18-20,22,24,37-38,40H2,1-2H3;1H;/q-1;;+2/p-1. The summed E-state index contributed by atoms with van der Waals surface area (Å²) in [6.07, 6.45) is 28.9. The van der Waals surface area contributed by atoms with Gasteiger partial charge in [0, 0.05) is 18.0 Å². The third kappa shape index (κ3) is 12.6. The molecule has 1 aliphatic heterocycles. The van der Waals surface area contributed by atoms with Crippen molar-refractivity contribution in [1.82, 2.24) is 4.98 Å². The minimum atomic E-state index is -0.126. The van der Waals surface area contributed by atoms with Gasteiger partial charge in [0.25, 0.3) is 0 Å². The molecule has 5 aromatic rings. The predicted octanol–water partition coefficient (Wildman–Crippen LogP) is 12.7. The van der Waals surface area contributed by atoms with Crippen LogP contribution in [0.25, 0.3) is 44.6 Å². The molecule has 5 heteroatoms. The maximum Gasteiger partial charge on any atom is 2.00 e. The van der Waals surface area contributed by atoms with Crippen LogP contribution in [-0.2, 0) is 10.2 Å². The van der Waals surface area contributed by atoms with E-state index in [4.69, 9.17) is 14.5 Å². The number of benzene rings is 4. The van der Waals surface area contributed by atoms with Gasteiger partial charge in [-0.2, -0.15) is 0 Å². The molecule has 1 aliphatic carbocycles. The monoisotopic (exact) mass is 877 g/mol. The first-order valence-electron chi connectivity index (χ1n) is 23.3. The fraction of sp³-hybridized carbons (Fsp3) is 0.473. The summed E-state index contributed by atoms with van der Waals surface area (Å²) in [4.78, 5) is 4.77. The van der Waals surface area contributed by atoms with Crippen LogP contribution >= 0.6 is 0 Å². The largest absolute Gasteiger partial charge is 2.00 e. The van der Waals surface area contributed by atoms with E-state index in [1.54, 1.807) is 0 Å². The summed E-state index contributed by atoms with van der Waals surface area (Å²) in [6, 6.07) is 39.7. The van der Waals surface area contributed by atoms with Gasteiger partial charge in [0.1, 0.15) is 5.75 Å². The molecule has 2 heterocycles. The Morgan fingerprint density at radius 1 is 0.617 bits per heavy atom. The summed E-state index contributed by atoms with van der Waals surface area (Å²) >= 11 is 0. The summed E-state index contributed by atoms with van der Waals surface area (Å²) in [5.41, 5.74) is 12.9. The van der Waals surface area contributed by atoms with E-state index in [0.717, 1.165) is 42.9 Å². The number of fused-ring (bicyclic) bond motifs is 3. The number of rotatable bonds is 23. The summed E-state index contributed by atoms with van der Waals surface area (Å²) < 4.78 is 11.9. The maximum absolute atomic E-state index is 6.11. The Kier molecular flexibility index (Phi) is 20.2. The van der Waals surface area contributed by atoms with E-state index < -0.39 is 0 Å². The van der Waals surface area contributed by atoms with Crippen molar-refractivity contribution in [1.29, 1.82) is 0 Å². The minimum absolute atomic E-state index is 0. The van der Waals surface area contributed by atoms with Crippen molar-refractivity contribution in [3.63, 3.8) is 0 Å². The summed E-state index contributed by atoms with van der Waals surface area (Å²) in [7, 11) is 0. The van der Waals surface area contributed by atoms with E-state index in [-0.39, 0.29) is 51.7 Å². The van der Waals surface area contributed by atoms with Crippen molar-refractivity contribution < 1.29 is 26.5 Å². The molecule has 1 unspecified atom stereocenters. The molecule has 1 saturated heterocycles. The fourth-order valence-corrected chi connectivity index (χ4v) is 9.60. The second-order valence-corrected chi connectivity index (χ2v) is 17.2. The molecule has 3 nitrogen and oxygen atoms in total. The maximum atomic E-state index is 6.11. The van der Waals surface area contributed by atoms with Crippen LogP contribution in [0.1, 0.15) is 160 Å². The molecule has 7 rings (SSSR count). The van der Waals surface area contributed by atoms with Crippen LogP contribution in [0.4, 0.5) is 0 Å². The minimum Gasteiger partial charge on any atom is -1.00 e. The second kappa shape index (κ2) is 25.2. The van der Waals surface area contributed by atoms with Crippen molar-refractivity contribution in [2.45, 2.75) is 160 Å². The van der Waals surface area contributed by atoms with Gasteiger partial charge in [-0.05, 0) is 77.4 Å². The van der Waals surface area contributed by atoms with Crippen molar-refractivity contribution in [2.24, 2.45) is 0 Å². The number of hydrogen-bond donors (Lipinski definition) is 0. The van der Waals surface area contributed by atoms with Gasteiger partial charge in [-0.15, -0.1) is 29.3 Å². The Morgan fingerprint density at radius 2 is 1.17 bits per heavy atom. The third-order valence-electron chi connectivity index (χ3n) is 13.0. The van der Waals surface area contributed by atoms with Crippen molar-refractivity contribution >= 4 is 23.1 Å². The van der Waals surface area contributed by atoms with Crippen LogP contribution in [0.2, 0.25) is 0 Å². The van der Waals surface area contributed by atoms with Crippen LogP contribution in [0.15, 0.2) is 103 Å². The number of nitrogens with zero attached hydrogens (tertiary/aromatic N) is 1. The molecule has 0 N–H and O–H groups in total. The average Bonchev–Trinajstić information content (AvgIpc) is 3.54. The zero-order valence-electron chi connectivity index (χ0n) is 36.8. The number of pyridine rings is 1. The van der Waals surface area contributed by atoms with Crippen LogP contribution in [0.5, 0.6) is 5.75 Å². The number of aromatic nitrogens is 1. The molecule has 1 atom stereocenters. The Labute approximate surface area is 389 Å². The summed E-state index contributed by atoms with van der Waals surface area (Å²) in [5.74, 6) is 0.874. The van der Waals surface area contributed by atoms with E-state index in [0.29, 0.717) is 0 Å². The molecule has 2 aliphatic rings. The van der Waals surface area contributed by atoms with Crippen LogP contribution in [0.3, 0.4) is 0 Å². The molecule has 60 heavy (non-hydrogen) atoms. The molecular weight excluding hydrogens is 811 g/mol. The molecule has 0 radical (unpaired) electrons. The average molecular weight is 879 g/mol. The smallest absolute Gasteiger partial charge is 1.00 e. The molecule has 1 aromatic heterocycles. The zero-order chi connectivity index (χ0) is 39.8. The number of ether oxygens (including phenoxy) is 2. The van der Waals surface area contributed by atoms with E-state index in [9.17, 15) is 0 Å². The number of hydrogen-bond acceptors (Lipinski definition) is 3. The number of halogens is 1. The van der Waals surface area contributed by atoms with Crippen LogP contribution in [-0.4, -0.2) is 40.9 Å². The zero-order valence-corrected chi connectivity index (χ0v) is 39.8. The van der Waals surface area contributed by atoms with E-state index in [1.165, 1.54) is 160 Å². The first-order chi connectivity index (χ1) is 28.7. The molecule has 0 saturated carbocycles. The van der Waals surface area contributed by atoms with Gasteiger partial charge < -0.3 is 31.4 Å². The van der Waals surface area contributed by atoms with Crippen LogP contribution in [0, 0.1) is 6.07 Å². The molecule has 4 aromatic carbocycles. The molecule has 0 bridgehead atoms. The molecule has 1 fully saturated rings. The Bertz CT molecular complexity index is 1950. The molecule has 314 valence electrons. The quantitative estimate of drug-likeness (QED) is 0.0372. The molecular formula is C55H68BrMgNO2. The molecule has 0 spiro atoms. The van der Waals surface area contributed by atoms with E-state index in [1.807, 2.05) is 12.3 Å². The van der Waals surface area contributed by atoms with Gasteiger partial charge in [-0.25, -0.2) is 0 Å². The van der Waals surface area contributed by atoms with Gasteiger partial charge >= 0.3 is 23.1 Å². The van der Waals surface area contributed by atoms with E-state index in [2.05, 4.69) is 111 Å². The predicted molar refractivity (Wildman–Crippen MR) is 250 cm³/mol. The Balaban J connectivity index is 0.00000341. The number of unbranched alkanes of at least 4 members (excludes halogenated alkanes) is 14. The van der Waals surface area contributed by atoms with Gasteiger partial charge in [-0.1, -0.05) is 194 Å². The first kappa shape index (κ1) is 48.1. The third-order valence-corrected chi connectivity index (χ3v) is 13.0. The topological polar surface area (TPSA) is 31.4 Å². The van der Waals surface area contributed by atoms with Gasteiger partial charge in [0.15, 0.2) is 6.29 Å². The van der Waals surface area contributed by atoms with Gasteiger partial charge in [0.05, 0.1) is 6.61 Å². The van der Waals surface area contributed by atoms with Crippen molar-refractivity contribution in [3.8, 4) is 50.4 Å². The Morgan fingerprint density at radius 3 is 1.73 bits per heavy atom. The van der Waals surface area contributed by atoms with Crippen LogP contribution < -0.4 is 21.7 Å².